The second kappa shape index (κ2) is 3.70. The van der Waals surface area contributed by atoms with E-state index in [0.29, 0.717) is 5.92 Å². The third-order valence-corrected chi connectivity index (χ3v) is 3.83. The highest BCUT2D eigenvalue weighted by Crippen LogP contribution is 2.41. The summed E-state index contributed by atoms with van der Waals surface area (Å²) in [5.74, 6) is 0.309. The van der Waals surface area contributed by atoms with E-state index >= 15 is 0 Å². The molecule has 0 radical (unpaired) electrons. The molecule has 0 N–H and O–H groups in total. The molecule has 1 aliphatic heterocycles. The molecule has 0 amide bonds. The maximum atomic E-state index is 5.61. The van der Waals surface area contributed by atoms with Crippen LogP contribution in [-0.2, 0) is 11.3 Å². The number of rotatable bonds is 1. The van der Waals surface area contributed by atoms with Crippen molar-refractivity contribution in [3.63, 3.8) is 0 Å². The van der Waals surface area contributed by atoms with Crippen LogP contribution in [0.5, 0.6) is 0 Å². The predicted molar refractivity (Wildman–Crippen MR) is 70.7 cm³/mol. The van der Waals surface area contributed by atoms with Crippen LogP contribution in [-0.4, -0.2) is 11.8 Å². The third kappa shape index (κ3) is 1.32. The molecule has 0 saturated carbocycles. The Morgan fingerprint density at radius 2 is 1.72 bits per heavy atom. The van der Waals surface area contributed by atoms with Gasteiger partial charge in [0.2, 0.25) is 0 Å². The third-order valence-electron chi connectivity index (χ3n) is 3.83. The Hall–Kier alpha value is -2.09. The van der Waals surface area contributed by atoms with Crippen LogP contribution in [0.25, 0.3) is 0 Å². The van der Waals surface area contributed by atoms with Gasteiger partial charge in [-0.3, -0.25) is 0 Å². The van der Waals surface area contributed by atoms with Crippen molar-refractivity contribution in [2.24, 2.45) is 5.16 Å². The highest BCUT2D eigenvalue weighted by molar-refractivity contribution is 6.06. The molecule has 0 aromatic heterocycles. The lowest BCUT2D eigenvalue weighted by Gasteiger charge is -2.10. The lowest BCUT2D eigenvalue weighted by Crippen LogP contribution is -2.17. The van der Waals surface area contributed by atoms with E-state index in [1.165, 1.54) is 16.7 Å². The van der Waals surface area contributed by atoms with E-state index in [2.05, 4.69) is 41.6 Å². The molecule has 1 aliphatic carbocycles. The lowest BCUT2D eigenvalue weighted by atomic mass is 9.91. The molecule has 88 valence electrons. The van der Waals surface area contributed by atoms with Gasteiger partial charge in [0.1, 0.15) is 6.10 Å². The van der Waals surface area contributed by atoms with Gasteiger partial charge in [-0.05, 0) is 11.1 Å². The van der Waals surface area contributed by atoms with E-state index in [9.17, 15) is 0 Å². The molecule has 2 aromatic rings. The number of hydrogen-bond donors (Lipinski definition) is 0. The first-order valence-electron chi connectivity index (χ1n) is 6.30. The molecule has 1 heterocycles. The van der Waals surface area contributed by atoms with Gasteiger partial charge < -0.3 is 4.84 Å². The Kier molecular flexibility index (Phi) is 2.04. The Labute approximate surface area is 106 Å². The zero-order valence-electron chi connectivity index (χ0n) is 9.91. The number of benzene rings is 2. The summed E-state index contributed by atoms with van der Waals surface area (Å²) in [5.41, 5.74) is 5.02. The second-order valence-corrected chi connectivity index (χ2v) is 4.87. The van der Waals surface area contributed by atoms with Crippen LogP contribution in [0.1, 0.15) is 22.6 Å². The van der Waals surface area contributed by atoms with Crippen LogP contribution in [0.15, 0.2) is 59.8 Å². The molecule has 2 atom stereocenters. The normalized spacial score (nSPS) is 24.1. The minimum absolute atomic E-state index is 0.192. The van der Waals surface area contributed by atoms with Crippen LogP contribution < -0.4 is 0 Å². The first-order valence-corrected chi connectivity index (χ1v) is 6.30. The monoisotopic (exact) mass is 235 g/mol. The van der Waals surface area contributed by atoms with Crippen LogP contribution >= 0.6 is 0 Å². The average Bonchev–Trinajstić information content (AvgIpc) is 2.98. The van der Waals surface area contributed by atoms with E-state index in [-0.39, 0.29) is 6.10 Å². The summed E-state index contributed by atoms with van der Waals surface area (Å²) >= 11 is 0. The fraction of sp³-hybridized carbons (Fsp3) is 0.188. The highest BCUT2D eigenvalue weighted by Gasteiger charge is 2.42. The molecule has 0 bridgehead atoms. The quantitative estimate of drug-likeness (QED) is 0.744. The van der Waals surface area contributed by atoms with Gasteiger partial charge in [0.15, 0.2) is 0 Å². The molecule has 0 fully saturated rings. The van der Waals surface area contributed by atoms with Crippen molar-refractivity contribution in [1.29, 1.82) is 0 Å². The first kappa shape index (κ1) is 9.89. The number of nitrogens with zero attached hydrogens (tertiary/aromatic N) is 1. The van der Waals surface area contributed by atoms with Crippen molar-refractivity contribution in [3.05, 3.63) is 71.3 Å². The van der Waals surface area contributed by atoms with Crippen molar-refractivity contribution in [2.45, 2.75) is 18.4 Å². The summed E-state index contributed by atoms with van der Waals surface area (Å²) in [5, 5.41) is 4.31. The molecule has 4 rings (SSSR count). The van der Waals surface area contributed by atoms with Gasteiger partial charge in [0.05, 0.1) is 11.6 Å². The highest BCUT2D eigenvalue weighted by atomic mass is 16.6. The molecule has 0 saturated heterocycles. The number of hydrogen-bond acceptors (Lipinski definition) is 2. The minimum Gasteiger partial charge on any atom is -0.391 e. The number of fused-ring (bicyclic) bond motifs is 3. The van der Waals surface area contributed by atoms with Crippen molar-refractivity contribution in [3.8, 4) is 0 Å². The number of oxime groups is 1. The molecule has 2 aromatic carbocycles. The maximum absolute atomic E-state index is 5.61. The largest absolute Gasteiger partial charge is 0.391 e. The summed E-state index contributed by atoms with van der Waals surface area (Å²) < 4.78 is 0. The van der Waals surface area contributed by atoms with Gasteiger partial charge in [-0.25, -0.2) is 0 Å². The predicted octanol–water partition coefficient (Wildman–Crippen LogP) is 3.13. The standard InChI is InChI=1S/C16H13NO/c1-2-6-11(7-3-1)16-15-13-9-5-4-8-12(13)10-14(15)18-17-16/h1-9,14-15H,10H2/t14-,15+/m1/s1. The topological polar surface area (TPSA) is 21.6 Å². The Morgan fingerprint density at radius 1 is 0.944 bits per heavy atom. The summed E-state index contributed by atoms with van der Waals surface area (Å²) in [6.07, 6.45) is 1.17. The van der Waals surface area contributed by atoms with Gasteiger partial charge in [-0.2, -0.15) is 0 Å². The first-order chi connectivity index (χ1) is 8.93. The molecule has 18 heavy (non-hydrogen) atoms. The van der Waals surface area contributed by atoms with Crippen LogP contribution in [0.3, 0.4) is 0 Å². The smallest absolute Gasteiger partial charge is 0.144 e. The molecule has 0 spiro atoms. The van der Waals surface area contributed by atoms with Crippen molar-refractivity contribution >= 4 is 5.71 Å². The van der Waals surface area contributed by atoms with Crippen molar-refractivity contribution < 1.29 is 4.84 Å². The zero-order chi connectivity index (χ0) is 11.9. The van der Waals surface area contributed by atoms with Crippen molar-refractivity contribution in [1.82, 2.24) is 0 Å². The van der Waals surface area contributed by atoms with Gasteiger partial charge in [-0.1, -0.05) is 59.8 Å². The molecular weight excluding hydrogens is 222 g/mol. The second-order valence-electron chi connectivity index (χ2n) is 4.87. The Morgan fingerprint density at radius 3 is 2.61 bits per heavy atom. The van der Waals surface area contributed by atoms with Gasteiger partial charge in [0.25, 0.3) is 0 Å². The molecule has 2 heteroatoms. The minimum atomic E-state index is 0.192. The van der Waals surface area contributed by atoms with Crippen LogP contribution in [0, 0.1) is 0 Å². The van der Waals surface area contributed by atoms with E-state index in [1.807, 2.05) is 18.2 Å². The summed E-state index contributed by atoms with van der Waals surface area (Å²) in [7, 11) is 0. The van der Waals surface area contributed by atoms with Crippen molar-refractivity contribution in [2.75, 3.05) is 0 Å². The lowest BCUT2D eigenvalue weighted by molar-refractivity contribution is 0.0839. The van der Waals surface area contributed by atoms with E-state index < -0.39 is 0 Å². The summed E-state index contributed by atoms with van der Waals surface area (Å²) in [6, 6.07) is 18.9. The molecular formula is C16H13NO. The maximum Gasteiger partial charge on any atom is 0.144 e. The Bertz CT molecular complexity index is 618. The Balaban J connectivity index is 1.81. The zero-order valence-corrected chi connectivity index (χ0v) is 9.91. The van der Waals surface area contributed by atoms with E-state index in [4.69, 9.17) is 4.84 Å². The van der Waals surface area contributed by atoms with Gasteiger partial charge in [-0.15, -0.1) is 0 Å². The SMILES string of the molecule is c1ccc(C2=NO[C@@H]3Cc4ccccc4[C@H]23)cc1. The average molecular weight is 235 g/mol. The van der Waals surface area contributed by atoms with E-state index in [0.717, 1.165) is 12.1 Å². The molecule has 0 unspecified atom stereocenters. The van der Waals surface area contributed by atoms with Crippen LogP contribution in [0.2, 0.25) is 0 Å². The fourth-order valence-electron chi connectivity index (χ4n) is 3.00. The summed E-state index contributed by atoms with van der Waals surface area (Å²) in [4.78, 5) is 5.61. The van der Waals surface area contributed by atoms with Gasteiger partial charge >= 0.3 is 0 Å². The van der Waals surface area contributed by atoms with E-state index in [1.54, 1.807) is 0 Å². The fourth-order valence-corrected chi connectivity index (χ4v) is 3.00. The van der Waals surface area contributed by atoms with Crippen LogP contribution in [0.4, 0.5) is 0 Å². The molecule has 2 aliphatic rings. The molecule has 2 nitrogen and oxygen atoms in total. The van der Waals surface area contributed by atoms with Gasteiger partial charge in [0, 0.05) is 12.0 Å². The summed E-state index contributed by atoms with van der Waals surface area (Å²) in [6.45, 7) is 0.